The van der Waals surface area contributed by atoms with Crippen LogP contribution in [0.15, 0.2) is 18.2 Å². The second-order valence-electron chi connectivity index (χ2n) is 7.74. The lowest BCUT2D eigenvalue weighted by molar-refractivity contribution is 0.0119. The summed E-state index contributed by atoms with van der Waals surface area (Å²) in [4.78, 5) is 17.7. The summed E-state index contributed by atoms with van der Waals surface area (Å²) in [5, 5.41) is 0. The maximum absolute atomic E-state index is 13.2. The predicted molar refractivity (Wildman–Crippen MR) is 96.2 cm³/mol. The third kappa shape index (κ3) is 2.93. The van der Waals surface area contributed by atoms with Gasteiger partial charge in [-0.1, -0.05) is 26.0 Å². The molecule has 136 valence electrons. The van der Waals surface area contributed by atoms with Gasteiger partial charge in [-0.05, 0) is 18.9 Å². The van der Waals surface area contributed by atoms with Gasteiger partial charge in [-0.3, -0.25) is 9.69 Å². The third-order valence-electron chi connectivity index (χ3n) is 6.15. The number of para-hydroxylation sites is 1. The number of hydrogen-bond acceptors (Lipinski definition) is 4. The maximum Gasteiger partial charge on any atom is 0.257 e. The Labute approximate surface area is 149 Å². The van der Waals surface area contributed by atoms with Gasteiger partial charge in [-0.15, -0.1) is 0 Å². The van der Waals surface area contributed by atoms with Crippen LogP contribution in [-0.4, -0.2) is 67.2 Å². The highest BCUT2D eigenvalue weighted by atomic mass is 16.5. The van der Waals surface area contributed by atoms with E-state index in [2.05, 4.69) is 31.7 Å². The lowest BCUT2D eigenvalue weighted by Gasteiger charge is -2.34. The number of carbonyl (C=O) groups is 1. The van der Waals surface area contributed by atoms with E-state index in [9.17, 15) is 4.79 Å². The number of morpholine rings is 1. The number of hydrogen-bond donors (Lipinski definition) is 0. The first-order valence-electron chi connectivity index (χ1n) is 9.47. The van der Waals surface area contributed by atoms with Gasteiger partial charge in [0.05, 0.1) is 18.8 Å². The van der Waals surface area contributed by atoms with Crippen LogP contribution in [0.5, 0.6) is 5.75 Å². The molecule has 0 spiro atoms. The Morgan fingerprint density at radius 2 is 1.88 bits per heavy atom. The van der Waals surface area contributed by atoms with Crippen molar-refractivity contribution in [3.05, 3.63) is 29.3 Å². The average Bonchev–Trinajstić information content (AvgIpc) is 3.16. The van der Waals surface area contributed by atoms with Crippen LogP contribution in [0.4, 0.5) is 0 Å². The Morgan fingerprint density at radius 3 is 2.64 bits per heavy atom. The van der Waals surface area contributed by atoms with Crippen LogP contribution in [0.3, 0.4) is 0 Å². The zero-order chi connectivity index (χ0) is 17.6. The van der Waals surface area contributed by atoms with Gasteiger partial charge in [0.2, 0.25) is 0 Å². The molecule has 25 heavy (non-hydrogen) atoms. The molecule has 4 atom stereocenters. The number of ether oxygens (including phenoxy) is 2. The highest BCUT2D eigenvalue weighted by Gasteiger charge is 2.39. The standard InChI is InChI=1S/C20H28N2O3/c1-13-11-22(12-18(13)21-7-9-24-10-8-21)20(23)17-6-4-5-16-14(2)15(3)25-19(16)17/h4-6,13-15,18H,7-12H2,1-3H3/t13-,14-,15-,18-/m1/s1. The molecule has 0 radical (unpaired) electrons. The molecular weight excluding hydrogens is 316 g/mol. The first-order chi connectivity index (χ1) is 12.1. The van der Waals surface area contributed by atoms with E-state index >= 15 is 0 Å². The van der Waals surface area contributed by atoms with Gasteiger partial charge in [0.15, 0.2) is 0 Å². The molecule has 2 saturated heterocycles. The quantitative estimate of drug-likeness (QED) is 0.826. The summed E-state index contributed by atoms with van der Waals surface area (Å²) in [6.07, 6.45) is 0.127. The van der Waals surface area contributed by atoms with Crippen LogP contribution in [0.1, 0.15) is 42.6 Å². The molecule has 5 nitrogen and oxygen atoms in total. The van der Waals surface area contributed by atoms with E-state index in [0.29, 0.717) is 17.9 Å². The van der Waals surface area contributed by atoms with E-state index in [0.717, 1.165) is 56.3 Å². The molecular formula is C20H28N2O3. The lowest BCUT2D eigenvalue weighted by Crippen LogP contribution is -2.47. The zero-order valence-electron chi connectivity index (χ0n) is 15.4. The largest absolute Gasteiger partial charge is 0.489 e. The van der Waals surface area contributed by atoms with Crippen molar-refractivity contribution in [2.24, 2.45) is 5.92 Å². The summed E-state index contributed by atoms with van der Waals surface area (Å²) in [7, 11) is 0. The van der Waals surface area contributed by atoms with E-state index < -0.39 is 0 Å². The van der Waals surface area contributed by atoms with Crippen molar-refractivity contribution in [3.63, 3.8) is 0 Å². The number of rotatable bonds is 2. The van der Waals surface area contributed by atoms with Crippen LogP contribution < -0.4 is 4.74 Å². The van der Waals surface area contributed by atoms with E-state index in [4.69, 9.17) is 9.47 Å². The van der Waals surface area contributed by atoms with Crippen molar-refractivity contribution < 1.29 is 14.3 Å². The van der Waals surface area contributed by atoms with E-state index in [1.54, 1.807) is 0 Å². The van der Waals surface area contributed by atoms with Gasteiger partial charge in [0.1, 0.15) is 11.9 Å². The Bertz CT molecular complexity index is 656. The minimum absolute atomic E-state index is 0.112. The zero-order valence-corrected chi connectivity index (χ0v) is 15.4. The summed E-state index contributed by atoms with van der Waals surface area (Å²) in [6, 6.07) is 6.42. The molecule has 2 fully saturated rings. The Morgan fingerprint density at radius 1 is 1.12 bits per heavy atom. The molecule has 0 bridgehead atoms. The molecule has 1 aromatic rings. The maximum atomic E-state index is 13.2. The summed E-state index contributed by atoms with van der Waals surface area (Å²) in [5.74, 6) is 1.73. The van der Waals surface area contributed by atoms with Crippen molar-refractivity contribution in [1.29, 1.82) is 0 Å². The topological polar surface area (TPSA) is 42.0 Å². The molecule has 1 amide bonds. The summed E-state index contributed by atoms with van der Waals surface area (Å²) in [5.41, 5.74) is 1.89. The van der Waals surface area contributed by atoms with Gasteiger partial charge >= 0.3 is 0 Å². The molecule has 0 saturated carbocycles. The minimum atomic E-state index is 0.112. The van der Waals surface area contributed by atoms with Crippen molar-refractivity contribution >= 4 is 5.91 Å². The van der Waals surface area contributed by atoms with Gasteiger partial charge in [-0.25, -0.2) is 0 Å². The average molecular weight is 344 g/mol. The molecule has 3 heterocycles. The number of carbonyl (C=O) groups excluding carboxylic acids is 1. The minimum Gasteiger partial charge on any atom is -0.489 e. The molecule has 0 aromatic heterocycles. The van der Waals surface area contributed by atoms with Crippen molar-refractivity contribution in [1.82, 2.24) is 9.80 Å². The molecule has 5 heteroatoms. The molecule has 3 aliphatic rings. The van der Waals surface area contributed by atoms with E-state index in [1.807, 2.05) is 17.0 Å². The molecule has 4 rings (SSSR count). The molecule has 0 unspecified atom stereocenters. The fourth-order valence-corrected chi connectivity index (χ4v) is 4.42. The van der Waals surface area contributed by atoms with Crippen LogP contribution in [-0.2, 0) is 4.74 Å². The number of nitrogens with zero attached hydrogens (tertiary/aromatic N) is 2. The molecule has 0 aliphatic carbocycles. The Kier molecular flexibility index (Phi) is 4.46. The van der Waals surface area contributed by atoms with Crippen LogP contribution in [0.25, 0.3) is 0 Å². The number of fused-ring (bicyclic) bond motifs is 1. The summed E-state index contributed by atoms with van der Waals surface area (Å²) >= 11 is 0. The Balaban J connectivity index is 1.53. The number of amides is 1. The SMILES string of the molecule is C[C@@H]1CN(C(=O)c2cccc3c2O[C@H](C)[C@H]3C)C[C@H]1N1CCOCC1. The van der Waals surface area contributed by atoms with Crippen molar-refractivity contribution in [2.45, 2.75) is 38.8 Å². The Hall–Kier alpha value is -1.59. The van der Waals surface area contributed by atoms with Crippen molar-refractivity contribution in [3.8, 4) is 5.75 Å². The highest BCUT2D eigenvalue weighted by molar-refractivity contribution is 5.98. The first-order valence-corrected chi connectivity index (χ1v) is 9.47. The van der Waals surface area contributed by atoms with Crippen LogP contribution in [0, 0.1) is 5.92 Å². The first kappa shape index (κ1) is 16.9. The fourth-order valence-electron chi connectivity index (χ4n) is 4.42. The third-order valence-corrected chi connectivity index (χ3v) is 6.15. The summed E-state index contributed by atoms with van der Waals surface area (Å²) in [6.45, 7) is 11.6. The second-order valence-corrected chi connectivity index (χ2v) is 7.74. The molecule has 0 N–H and O–H groups in total. The van der Waals surface area contributed by atoms with E-state index in [-0.39, 0.29) is 12.0 Å². The number of benzene rings is 1. The van der Waals surface area contributed by atoms with Gasteiger partial charge < -0.3 is 14.4 Å². The monoisotopic (exact) mass is 344 g/mol. The lowest BCUT2D eigenvalue weighted by atomic mass is 9.96. The van der Waals surface area contributed by atoms with Gasteiger partial charge in [0, 0.05) is 43.7 Å². The molecule has 3 aliphatic heterocycles. The van der Waals surface area contributed by atoms with Crippen LogP contribution >= 0.6 is 0 Å². The highest BCUT2D eigenvalue weighted by Crippen LogP contribution is 2.41. The molecule has 1 aromatic carbocycles. The van der Waals surface area contributed by atoms with Crippen LogP contribution in [0.2, 0.25) is 0 Å². The smallest absolute Gasteiger partial charge is 0.257 e. The normalized spacial score (nSPS) is 32.5. The fraction of sp³-hybridized carbons (Fsp3) is 0.650. The second kappa shape index (κ2) is 6.61. The van der Waals surface area contributed by atoms with Gasteiger partial charge in [0.25, 0.3) is 5.91 Å². The summed E-state index contributed by atoms with van der Waals surface area (Å²) < 4.78 is 11.5. The predicted octanol–water partition coefficient (Wildman–Crippen LogP) is 2.36. The van der Waals surface area contributed by atoms with Crippen molar-refractivity contribution in [2.75, 3.05) is 39.4 Å². The van der Waals surface area contributed by atoms with E-state index in [1.165, 1.54) is 0 Å². The van der Waals surface area contributed by atoms with Gasteiger partial charge in [-0.2, -0.15) is 0 Å². The number of likely N-dealkylation sites (tertiary alicyclic amines) is 1.